The van der Waals surface area contributed by atoms with Crippen LogP contribution in [0.25, 0.3) is 0 Å². The van der Waals surface area contributed by atoms with Crippen LogP contribution in [0.4, 0.5) is 0 Å². The van der Waals surface area contributed by atoms with Crippen LogP contribution in [-0.4, -0.2) is 252 Å². The third-order valence-corrected chi connectivity index (χ3v) is 21.1. The summed E-state index contributed by atoms with van der Waals surface area (Å²) in [5.74, 6) is 0.337. The Labute approximate surface area is 524 Å². The third kappa shape index (κ3) is 14.2. The van der Waals surface area contributed by atoms with E-state index in [-0.39, 0.29) is 83.2 Å². The van der Waals surface area contributed by atoms with Gasteiger partial charge in [0, 0.05) is 12.8 Å². The molecule has 5 saturated heterocycles. The molecule has 0 aromatic heterocycles. The zero-order valence-electron chi connectivity index (χ0n) is 50.6. The molecule has 490 valence electrons. The number of aliphatic hydroxyl groups excluding tert-OH is 12. The maximum Gasteiger partial charge on any atom is 1.00 e. The summed E-state index contributed by atoms with van der Waals surface area (Å²) >= 11 is 0. The molecule has 3 saturated carbocycles. The van der Waals surface area contributed by atoms with E-state index in [4.69, 9.17) is 51.6 Å². The molecule has 29 unspecified atom stereocenters. The van der Waals surface area contributed by atoms with Gasteiger partial charge in [0.1, 0.15) is 103 Å². The van der Waals surface area contributed by atoms with Crippen LogP contribution in [0.5, 0.6) is 0 Å². The molecule has 29 heteroatoms. The van der Waals surface area contributed by atoms with Crippen LogP contribution in [0.3, 0.4) is 0 Å². The van der Waals surface area contributed by atoms with Gasteiger partial charge in [-0.1, -0.05) is 46.3 Å². The van der Waals surface area contributed by atoms with Crippen LogP contribution in [-0.2, 0) is 66.7 Å². The maximum atomic E-state index is 13.2. The summed E-state index contributed by atoms with van der Waals surface area (Å²) in [6, 6.07) is 0. The van der Waals surface area contributed by atoms with E-state index in [0.29, 0.717) is 25.7 Å². The minimum Gasteiger partial charge on any atom is -0.726 e. The molecule has 27 nitrogen and oxygen atoms in total. The van der Waals surface area contributed by atoms with E-state index in [1.807, 2.05) is 13.8 Å². The van der Waals surface area contributed by atoms with Crippen LogP contribution in [0.2, 0.25) is 0 Å². The van der Waals surface area contributed by atoms with Crippen molar-refractivity contribution in [2.45, 2.75) is 286 Å². The van der Waals surface area contributed by atoms with Gasteiger partial charge in [0.25, 0.3) is 0 Å². The summed E-state index contributed by atoms with van der Waals surface area (Å²) in [6.07, 6.45) is -37.1. The van der Waals surface area contributed by atoms with Crippen molar-refractivity contribution in [1.82, 2.24) is 0 Å². The summed E-state index contributed by atoms with van der Waals surface area (Å²) in [5.41, 5.74) is 0.349. The standard InChI is InChI=1S/C57H94O27S.Na/c1-21(2)16-27(59)17-22(3)30-10-11-31-29-19-34(33-18-28(84-85(71,72)73)12-14-57(33,9)32(29)13-15-56(30,31)8)78-53-46(70)48(39(63)35(20-58)79-53)81-55-50(83-52-44(68)41(65)37(61)24(5)75-52)45(69)47(26(7)77-55)80-54-49(42(66)38(62)25(6)76-54)82-51-43(67)40(64)36(60)23(4)74-51;/h13,21-26,28-31,33-55,58,60-70H,10-12,14-20H2,1-9H3,(H,71,72,73);/q;+1/p-1/t22?,23?,24?,25?,26?,28-,29?,30+,31?,33?,34-,35?,36?,37?,38?,39?,40?,41?,42?,43?,44?,45?,46?,47?,48?,49?,50?,51?,52?,53?,54?,55?,56+,57+;/m0./s1. The van der Waals surface area contributed by atoms with Gasteiger partial charge in [0.05, 0.1) is 43.2 Å². The predicted molar refractivity (Wildman–Crippen MR) is 287 cm³/mol. The number of allylic oxidation sites excluding steroid dienone is 2. The molecule has 0 radical (unpaired) electrons. The minimum atomic E-state index is -5.13. The number of Topliss-reactive ketones (excluding diaryl/α,β-unsaturated/α-hetero) is 1. The zero-order chi connectivity index (χ0) is 62.3. The zero-order valence-corrected chi connectivity index (χ0v) is 53.4. The first-order valence-electron chi connectivity index (χ1n) is 30.3. The molecular weight excluding hydrogens is 1170 g/mol. The normalized spacial score (nSPS) is 51.2. The van der Waals surface area contributed by atoms with E-state index in [9.17, 15) is 79.0 Å². The number of hydrogen-bond donors (Lipinski definition) is 12. The number of aliphatic hydroxyl groups is 12. The average molecular weight is 1270 g/mol. The van der Waals surface area contributed by atoms with Gasteiger partial charge in [0.15, 0.2) is 31.5 Å². The van der Waals surface area contributed by atoms with Gasteiger partial charge in [0.2, 0.25) is 10.4 Å². The van der Waals surface area contributed by atoms with Crippen molar-refractivity contribution < 1.29 is 160 Å². The Balaban J connectivity index is 0.00000961. The van der Waals surface area contributed by atoms with Crippen LogP contribution in [0.15, 0.2) is 11.6 Å². The fourth-order valence-electron chi connectivity index (χ4n) is 16.0. The SMILES string of the molecule is CC(C)CC(=O)CC(C)[C@H]1CCC2C3C[C@H](OC4OC(CO)C(O)C(OC5OC(C)C(OC6OC(C)C(O)C(O)C6OC6OC(C)C(O)C(O)C6O)C(O)C5OC5OC(C)C(O)C(O)C5O)C4O)C4C[C@@H](OS(=O)(=O)[O-])CC[C@]4(C)C3=CC[C@@]21C.[Na+]. The van der Waals surface area contributed by atoms with Crippen LogP contribution < -0.4 is 29.6 Å². The van der Waals surface area contributed by atoms with Crippen molar-refractivity contribution in [2.24, 2.45) is 46.3 Å². The molecule has 4 aliphatic carbocycles. The molecule has 9 aliphatic rings. The second-order valence-electron chi connectivity index (χ2n) is 26.8. The Morgan fingerprint density at radius 1 is 0.593 bits per heavy atom. The van der Waals surface area contributed by atoms with E-state index in [1.54, 1.807) is 0 Å². The van der Waals surface area contributed by atoms with Crippen molar-refractivity contribution >= 4 is 16.2 Å². The molecule has 0 amide bonds. The molecule has 86 heavy (non-hydrogen) atoms. The molecule has 12 N–H and O–H groups in total. The van der Waals surface area contributed by atoms with Crippen molar-refractivity contribution in [2.75, 3.05) is 6.61 Å². The first kappa shape index (κ1) is 71.3. The van der Waals surface area contributed by atoms with E-state index in [0.717, 1.165) is 19.3 Å². The summed E-state index contributed by atoms with van der Waals surface area (Å²) < 4.78 is 103. The molecule has 5 aliphatic heterocycles. The third-order valence-electron chi connectivity index (χ3n) is 20.6. The Morgan fingerprint density at radius 2 is 1.10 bits per heavy atom. The molecule has 0 spiro atoms. The number of hydrogen-bond acceptors (Lipinski definition) is 27. The first-order valence-corrected chi connectivity index (χ1v) is 31.6. The van der Waals surface area contributed by atoms with E-state index >= 15 is 0 Å². The Hall–Kier alpha value is -0.600. The molecule has 0 aromatic rings. The molecule has 9 rings (SSSR count). The van der Waals surface area contributed by atoms with Crippen LogP contribution in [0.1, 0.15) is 120 Å². The van der Waals surface area contributed by atoms with Gasteiger partial charge in [-0.2, -0.15) is 0 Å². The quantitative estimate of drug-likeness (QED) is 0.0265. The van der Waals surface area contributed by atoms with Crippen molar-refractivity contribution in [3.63, 3.8) is 0 Å². The summed E-state index contributed by atoms with van der Waals surface area (Å²) in [5, 5.41) is 134. The summed E-state index contributed by atoms with van der Waals surface area (Å²) in [7, 11) is -5.13. The Morgan fingerprint density at radius 3 is 1.66 bits per heavy atom. The topological polar surface area (TPSA) is 419 Å². The minimum absolute atomic E-state index is 0. The van der Waals surface area contributed by atoms with E-state index < -0.39 is 194 Å². The predicted octanol–water partition coefficient (Wildman–Crippen LogP) is -4.74. The first-order chi connectivity index (χ1) is 39.8. The molecule has 0 aromatic carbocycles. The Bertz CT molecular complexity index is 2410. The largest absolute Gasteiger partial charge is 1.00 e. The van der Waals surface area contributed by atoms with Gasteiger partial charge < -0.3 is 113 Å². The average Bonchev–Trinajstić information content (AvgIpc) is 1.29. The van der Waals surface area contributed by atoms with Crippen molar-refractivity contribution in [1.29, 1.82) is 0 Å². The van der Waals surface area contributed by atoms with Gasteiger partial charge in [-0.15, -0.1) is 0 Å². The van der Waals surface area contributed by atoms with E-state index in [1.165, 1.54) is 33.3 Å². The molecule has 34 atom stereocenters. The number of ketones is 1. The summed E-state index contributed by atoms with van der Waals surface area (Å²) in [6.45, 7) is 15.3. The second kappa shape index (κ2) is 28.2. The van der Waals surface area contributed by atoms with E-state index in [2.05, 4.69) is 26.8 Å². The van der Waals surface area contributed by atoms with Crippen molar-refractivity contribution in [3.05, 3.63) is 11.6 Å². The molecule has 0 bridgehead atoms. The van der Waals surface area contributed by atoms with Gasteiger partial charge in [-0.25, -0.2) is 8.42 Å². The maximum absolute atomic E-state index is 13.2. The number of ether oxygens (including phenoxy) is 10. The van der Waals surface area contributed by atoms with Crippen LogP contribution >= 0.6 is 0 Å². The number of carbonyl (C=O) groups is 1. The number of fused-ring (bicyclic) bond motifs is 5. The fraction of sp³-hybridized carbons (Fsp3) is 0.947. The number of carbonyl (C=O) groups excluding carboxylic acids is 1. The van der Waals surface area contributed by atoms with Gasteiger partial charge in [-0.3, -0.25) is 8.98 Å². The second-order valence-corrected chi connectivity index (χ2v) is 27.8. The molecular formula is C57H93NaO27S. The Kier molecular flexibility index (Phi) is 23.3. The van der Waals surface area contributed by atoms with Gasteiger partial charge >= 0.3 is 29.6 Å². The molecule has 8 fully saturated rings. The van der Waals surface area contributed by atoms with Crippen molar-refractivity contribution in [3.8, 4) is 0 Å². The van der Waals surface area contributed by atoms with Gasteiger partial charge in [-0.05, 0) is 119 Å². The smallest absolute Gasteiger partial charge is 0.726 e. The summed E-state index contributed by atoms with van der Waals surface area (Å²) in [4.78, 5) is 13.2. The van der Waals surface area contributed by atoms with Crippen LogP contribution in [0, 0.1) is 46.3 Å². The molecule has 5 heterocycles. The number of rotatable bonds is 18. The monoisotopic (exact) mass is 1260 g/mol. The fourth-order valence-corrected chi connectivity index (χ4v) is 16.5.